The molecule has 1 amide bonds. The van der Waals surface area contributed by atoms with E-state index in [2.05, 4.69) is 18.3 Å². The van der Waals surface area contributed by atoms with E-state index in [0.29, 0.717) is 42.6 Å². The van der Waals surface area contributed by atoms with Crippen LogP contribution in [0.15, 0.2) is 18.2 Å². The maximum absolute atomic E-state index is 12.8. The van der Waals surface area contributed by atoms with E-state index in [0.717, 1.165) is 19.3 Å². The van der Waals surface area contributed by atoms with Crippen LogP contribution in [0, 0.1) is 17.2 Å². The Morgan fingerprint density at radius 3 is 2.62 bits per heavy atom. The Morgan fingerprint density at radius 1 is 1.31 bits per heavy atom. The van der Waals surface area contributed by atoms with Gasteiger partial charge in [0.1, 0.15) is 17.4 Å². The average Bonchev–Trinajstić information content (AvgIpc) is 2.60. The highest BCUT2D eigenvalue weighted by molar-refractivity contribution is 5.97. The summed E-state index contributed by atoms with van der Waals surface area (Å²) < 4.78 is 11.4. The number of amides is 1. The van der Waals surface area contributed by atoms with Gasteiger partial charge in [-0.25, -0.2) is 0 Å². The molecule has 0 saturated carbocycles. The van der Waals surface area contributed by atoms with Gasteiger partial charge in [-0.2, -0.15) is 5.26 Å². The number of rotatable bonds is 11. The summed E-state index contributed by atoms with van der Waals surface area (Å²) in [5.74, 6) is 0.723. The van der Waals surface area contributed by atoms with Crippen LogP contribution in [0.3, 0.4) is 0 Å². The number of anilines is 1. The van der Waals surface area contributed by atoms with E-state index < -0.39 is 5.60 Å². The lowest BCUT2D eigenvalue weighted by molar-refractivity contribution is -0.139. The highest BCUT2D eigenvalue weighted by Gasteiger charge is 2.33. The molecule has 1 atom stereocenters. The number of ether oxygens (including phenoxy) is 2. The van der Waals surface area contributed by atoms with Crippen LogP contribution in [0.25, 0.3) is 0 Å². The number of carbonyl (C=O) groups excluding carboxylic acids is 1. The highest BCUT2D eigenvalue weighted by atomic mass is 16.5. The van der Waals surface area contributed by atoms with Crippen LogP contribution < -0.4 is 10.1 Å². The van der Waals surface area contributed by atoms with Crippen molar-refractivity contribution in [3.63, 3.8) is 0 Å². The van der Waals surface area contributed by atoms with Crippen LogP contribution in [-0.4, -0.2) is 24.7 Å². The zero-order chi connectivity index (χ0) is 19.6. The quantitative estimate of drug-likeness (QED) is 0.569. The van der Waals surface area contributed by atoms with Gasteiger partial charge in [0.05, 0.1) is 12.2 Å². The van der Waals surface area contributed by atoms with E-state index in [1.807, 2.05) is 27.7 Å². The number of hydrogen-bond acceptors (Lipinski definition) is 4. The Labute approximate surface area is 157 Å². The number of hydrogen-bond donors (Lipinski definition) is 1. The van der Waals surface area contributed by atoms with E-state index in [9.17, 15) is 10.1 Å². The van der Waals surface area contributed by atoms with Crippen LogP contribution in [0.5, 0.6) is 5.75 Å². The second kappa shape index (κ2) is 10.8. The second-order valence-electron chi connectivity index (χ2n) is 7.10. The Bertz CT molecular complexity index is 622. The average molecular weight is 360 g/mol. The molecule has 0 aliphatic carbocycles. The first kappa shape index (κ1) is 22.0. The van der Waals surface area contributed by atoms with Gasteiger partial charge in [0.25, 0.3) is 5.91 Å². The first-order valence-corrected chi connectivity index (χ1v) is 9.48. The van der Waals surface area contributed by atoms with Crippen LogP contribution in [-0.2, 0) is 9.53 Å². The molecule has 0 unspecified atom stereocenters. The van der Waals surface area contributed by atoms with E-state index in [1.165, 1.54) is 0 Å². The van der Waals surface area contributed by atoms with Gasteiger partial charge in [0, 0.05) is 12.3 Å². The van der Waals surface area contributed by atoms with Gasteiger partial charge in [-0.05, 0) is 44.4 Å². The smallest absolute Gasteiger partial charge is 0.256 e. The number of unbranched alkanes of at least 4 members (excludes halogenated alkanes) is 2. The molecular formula is C21H32N2O3. The number of nitrogens with one attached hydrogen (secondary N) is 1. The minimum absolute atomic E-state index is 0.185. The normalized spacial score (nSPS) is 13.1. The summed E-state index contributed by atoms with van der Waals surface area (Å²) in [6, 6.07) is 7.26. The third-order valence-corrected chi connectivity index (χ3v) is 4.13. The van der Waals surface area contributed by atoms with E-state index in [1.54, 1.807) is 18.2 Å². The zero-order valence-corrected chi connectivity index (χ0v) is 16.7. The molecule has 0 bridgehead atoms. The fourth-order valence-corrected chi connectivity index (χ4v) is 2.62. The van der Waals surface area contributed by atoms with Gasteiger partial charge >= 0.3 is 0 Å². The lowest BCUT2D eigenvalue weighted by Crippen LogP contribution is -2.42. The molecule has 0 fully saturated rings. The van der Waals surface area contributed by atoms with Crippen LogP contribution in [0.1, 0.15) is 65.9 Å². The lowest BCUT2D eigenvalue weighted by Gasteiger charge is -2.28. The number of carbonyl (C=O) groups is 1. The van der Waals surface area contributed by atoms with Gasteiger partial charge in [-0.15, -0.1) is 0 Å². The fraction of sp³-hybridized carbons (Fsp3) is 0.619. The number of nitriles is 1. The Morgan fingerprint density at radius 2 is 2.04 bits per heavy atom. The van der Waals surface area contributed by atoms with Crippen LogP contribution >= 0.6 is 0 Å². The predicted octanol–water partition coefficient (Wildman–Crippen LogP) is 4.91. The topological polar surface area (TPSA) is 71.3 Å². The minimum atomic E-state index is -0.871. The molecule has 1 aromatic rings. The second-order valence-corrected chi connectivity index (χ2v) is 7.10. The molecule has 0 aliphatic heterocycles. The van der Waals surface area contributed by atoms with Crippen molar-refractivity contribution in [3.8, 4) is 11.8 Å². The molecule has 0 radical (unpaired) electrons. The summed E-state index contributed by atoms with van der Waals surface area (Å²) in [4.78, 5) is 12.8. The molecule has 0 saturated heterocycles. The van der Waals surface area contributed by atoms with Crippen molar-refractivity contribution in [1.29, 1.82) is 5.26 Å². The van der Waals surface area contributed by atoms with Crippen molar-refractivity contribution in [1.82, 2.24) is 0 Å². The molecule has 26 heavy (non-hydrogen) atoms. The lowest BCUT2D eigenvalue weighted by atomic mass is 9.96. The van der Waals surface area contributed by atoms with Crippen LogP contribution in [0.4, 0.5) is 5.69 Å². The monoisotopic (exact) mass is 360 g/mol. The molecule has 5 nitrogen and oxygen atoms in total. The maximum atomic E-state index is 12.8. The maximum Gasteiger partial charge on any atom is 0.256 e. The SMILES string of the molecule is CCCCC[C@@](C)(OCC)C(=O)Nc1ccc(OCC(C)C)c(C#N)c1. The fourth-order valence-electron chi connectivity index (χ4n) is 2.62. The summed E-state index contributed by atoms with van der Waals surface area (Å²) in [5, 5.41) is 12.3. The van der Waals surface area contributed by atoms with Gasteiger partial charge in [0.15, 0.2) is 0 Å². The third kappa shape index (κ3) is 6.68. The Balaban J connectivity index is 2.87. The zero-order valence-electron chi connectivity index (χ0n) is 16.7. The van der Waals surface area contributed by atoms with Gasteiger partial charge in [-0.1, -0.05) is 40.0 Å². The largest absolute Gasteiger partial charge is 0.492 e. The van der Waals surface area contributed by atoms with Crippen molar-refractivity contribution >= 4 is 11.6 Å². The first-order valence-electron chi connectivity index (χ1n) is 9.48. The summed E-state index contributed by atoms with van der Waals surface area (Å²) in [6.07, 6.45) is 3.76. The standard InChI is InChI=1S/C21H32N2O3/c1-6-8-9-12-21(5,26-7-2)20(24)23-18-10-11-19(17(13-18)14-22)25-15-16(3)4/h10-11,13,16H,6-9,12,15H2,1-5H3,(H,23,24)/t21-/m1/s1. The molecule has 0 heterocycles. The van der Waals surface area contributed by atoms with E-state index in [-0.39, 0.29) is 5.91 Å². The van der Waals surface area contributed by atoms with Gasteiger partial charge in [-0.3, -0.25) is 4.79 Å². The van der Waals surface area contributed by atoms with E-state index in [4.69, 9.17) is 9.47 Å². The summed E-state index contributed by atoms with van der Waals surface area (Å²) in [5.41, 5.74) is 0.112. The number of nitrogens with zero attached hydrogens (tertiary/aromatic N) is 1. The molecule has 0 aromatic heterocycles. The van der Waals surface area contributed by atoms with Crippen molar-refractivity contribution < 1.29 is 14.3 Å². The highest BCUT2D eigenvalue weighted by Crippen LogP contribution is 2.26. The minimum Gasteiger partial charge on any atom is -0.492 e. The Kier molecular flexibility index (Phi) is 9.15. The predicted molar refractivity (Wildman–Crippen MR) is 104 cm³/mol. The molecule has 1 aromatic carbocycles. The molecule has 1 N–H and O–H groups in total. The van der Waals surface area contributed by atoms with Crippen molar-refractivity contribution in [2.24, 2.45) is 5.92 Å². The van der Waals surface area contributed by atoms with Crippen molar-refractivity contribution in [2.45, 2.75) is 65.9 Å². The summed E-state index contributed by atoms with van der Waals surface area (Å²) in [6.45, 7) is 11.0. The molecular weight excluding hydrogens is 328 g/mol. The Hall–Kier alpha value is -2.06. The summed E-state index contributed by atoms with van der Waals surface area (Å²) >= 11 is 0. The molecule has 0 spiro atoms. The van der Waals surface area contributed by atoms with Crippen molar-refractivity contribution in [2.75, 3.05) is 18.5 Å². The molecule has 5 heteroatoms. The van der Waals surface area contributed by atoms with Crippen molar-refractivity contribution in [3.05, 3.63) is 23.8 Å². The number of benzene rings is 1. The van der Waals surface area contributed by atoms with Crippen LogP contribution in [0.2, 0.25) is 0 Å². The molecule has 0 aliphatic rings. The molecule has 144 valence electrons. The van der Waals surface area contributed by atoms with E-state index >= 15 is 0 Å². The summed E-state index contributed by atoms with van der Waals surface area (Å²) in [7, 11) is 0. The van der Waals surface area contributed by atoms with Gasteiger partial charge in [0.2, 0.25) is 0 Å². The molecule has 1 rings (SSSR count). The third-order valence-electron chi connectivity index (χ3n) is 4.13. The first-order chi connectivity index (χ1) is 12.4. The van der Waals surface area contributed by atoms with Gasteiger partial charge < -0.3 is 14.8 Å².